The van der Waals surface area contributed by atoms with E-state index in [1.165, 1.54) is 18.3 Å². The minimum absolute atomic E-state index is 0.149. The van der Waals surface area contributed by atoms with Crippen LogP contribution in [0.5, 0.6) is 0 Å². The monoisotopic (exact) mass is 223 g/mol. The van der Waals surface area contributed by atoms with Gasteiger partial charge in [0.25, 0.3) is 0 Å². The highest BCUT2D eigenvalue weighted by Crippen LogP contribution is 2.15. The van der Waals surface area contributed by atoms with Gasteiger partial charge in [-0.3, -0.25) is 0 Å². The van der Waals surface area contributed by atoms with E-state index in [1.54, 1.807) is 18.2 Å². The Morgan fingerprint density at radius 3 is 2.87 bits per heavy atom. The Bertz CT molecular complexity index is 432. The Balaban J connectivity index is 2.22. The maximum Gasteiger partial charge on any atom is 0.224 e. The van der Waals surface area contributed by atoms with Gasteiger partial charge >= 0.3 is 0 Å². The van der Waals surface area contributed by atoms with Crippen molar-refractivity contribution in [1.29, 1.82) is 0 Å². The first-order valence-electron chi connectivity index (χ1n) is 4.25. The molecule has 0 saturated carbocycles. The average Bonchev–Trinajstić information content (AvgIpc) is 2.17. The fraction of sp³-hybridized carbons (Fsp3) is 0. The lowest BCUT2D eigenvalue weighted by atomic mass is 10.3. The van der Waals surface area contributed by atoms with Gasteiger partial charge in [0, 0.05) is 11.9 Å². The van der Waals surface area contributed by atoms with Gasteiger partial charge in [-0.2, -0.15) is 0 Å². The summed E-state index contributed by atoms with van der Waals surface area (Å²) >= 11 is 5.61. The van der Waals surface area contributed by atoms with E-state index in [9.17, 15) is 4.39 Å². The van der Waals surface area contributed by atoms with E-state index >= 15 is 0 Å². The van der Waals surface area contributed by atoms with Crippen LogP contribution >= 0.6 is 11.6 Å². The van der Waals surface area contributed by atoms with Gasteiger partial charge in [0.05, 0.1) is 0 Å². The summed E-state index contributed by atoms with van der Waals surface area (Å²) in [5.41, 5.74) is 0.616. The van der Waals surface area contributed by atoms with Gasteiger partial charge in [0.2, 0.25) is 5.28 Å². The largest absolute Gasteiger partial charge is 0.340 e. The lowest BCUT2D eigenvalue weighted by Gasteiger charge is -2.04. The van der Waals surface area contributed by atoms with Crippen molar-refractivity contribution in [3.8, 4) is 0 Å². The van der Waals surface area contributed by atoms with E-state index in [0.717, 1.165) is 0 Å². The molecule has 5 heteroatoms. The first-order chi connectivity index (χ1) is 7.24. The molecule has 1 aromatic heterocycles. The molecule has 76 valence electrons. The summed E-state index contributed by atoms with van der Waals surface area (Å²) in [7, 11) is 0. The molecule has 0 aliphatic carbocycles. The van der Waals surface area contributed by atoms with E-state index in [-0.39, 0.29) is 11.1 Å². The van der Waals surface area contributed by atoms with Crippen LogP contribution in [0, 0.1) is 5.82 Å². The Kier molecular flexibility index (Phi) is 2.78. The molecule has 0 atom stereocenters. The first-order valence-corrected chi connectivity index (χ1v) is 4.63. The summed E-state index contributed by atoms with van der Waals surface area (Å²) in [5, 5.41) is 3.06. The normalized spacial score (nSPS) is 10.0. The fourth-order valence-corrected chi connectivity index (χ4v) is 1.27. The van der Waals surface area contributed by atoms with Crippen LogP contribution in [0.3, 0.4) is 0 Å². The maximum absolute atomic E-state index is 12.9. The number of aromatic nitrogens is 2. The number of hydrogen-bond donors (Lipinski definition) is 1. The van der Waals surface area contributed by atoms with Gasteiger partial charge in [-0.05, 0) is 35.9 Å². The lowest BCUT2D eigenvalue weighted by Crippen LogP contribution is -1.94. The lowest BCUT2D eigenvalue weighted by molar-refractivity contribution is 0.628. The predicted octanol–water partition coefficient (Wildman–Crippen LogP) is 3.01. The minimum atomic E-state index is -0.305. The van der Waals surface area contributed by atoms with Crippen molar-refractivity contribution in [1.82, 2.24) is 9.97 Å². The van der Waals surface area contributed by atoms with Crippen LogP contribution in [-0.4, -0.2) is 9.97 Å². The second kappa shape index (κ2) is 4.23. The van der Waals surface area contributed by atoms with Gasteiger partial charge in [0.15, 0.2) is 0 Å². The first kappa shape index (κ1) is 9.86. The summed E-state index contributed by atoms with van der Waals surface area (Å²) in [6, 6.07) is 7.74. The summed E-state index contributed by atoms with van der Waals surface area (Å²) in [4.78, 5) is 7.66. The molecule has 0 unspecified atom stereocenters. The van der Waals surface area contributed by atoms with Crippen molar-refractivity contribution in [3.63, 3.8) is 0 Å². The van der Waals surface area contributed by atoms with Gasteiger partial charge in [0.1, 0.15) is 11.6 Å². The molecule has 1 aromatic carbocycles. The van der Waals surface area contributed by atoms with Crippen molar-refractivity contribution in [2.75, 3.05) is 5.32 Å². The van der Waals surface area contributed by atoms with Crippen LogP contribution in [0.15, 0.2) is 36.5 Å². The van der Waals surface area contributed by atoms with Crippen molar-refractivity contribution < 1.29 is 4.39 Å². The molecule has 0 amide bonds. The van der Waals surface area contributed by atoms with Crippen LogP contribution in [-0.2, 0) is 0 Å². The van der Waals surface area contributed by atoms with Crippen molar-refractivity contribution >= 4 is 23.1 Å². The Morgan fingerprint density at radius 2 is 2.13 bits per heavy atom. The molecule has 0 aliphatic rings. The molecular weight excluding hydrogens is 217 g/mol. The summed E-state index contributed by atoms with van der Waals surface area (Å²) < 4.78 is 12.9. The molecule has 0 saturated heterocycles. The number of benzene rings is 1. The highest BCUT2D eigenvalue weighted by Gasteiger charge is 1.98. The molecule has 0 bridgehead atoms. The zero-order valence-electron chi connectivity index (χ0n) is 7.61. The molecule has 0 spiro atoms. The zero-order valence-corrected chi connectivity index (χ0v) is 8.37. The van der Waals surface area contributed by atoms with Crippen LogP contribution in [0.25, 0.3) is 0 Å². The highest BCUT2D eigenvalue weighted by molar-refractivity contribution is 6.28. The third-order valence-corrected chi connectivity index (χ3v) is 1.91. The highest BCUT2D eigenvalue weighted by atomic mass is 35.5. The van der Waals surface area contributed by atoms with E-state index in [0.29, 0.717) is 11.5 Å². The van der Waals surface area contributed by atoms with Crippen LogP contribution in [0.2, 0.25) is 5.28 Å². The Morgan fingerprint density at radius 1 is 1.27 bits per heavy atom. The standard InChI is InChI=1S/C10H7ClFN3/c11-10-13-5-4-9(15-10)14-8-3-1-2-7(12)6-8/h1-6H,(H,13,14,15). The van der Waals surface area contributed by atoms with Gasteiger partial charge in [-0.1, -0.05) is 6.07 Å². The minimum Gasteiger partial charge on any atom is -0.340 e. The molecule has 2 rings (SSSR count). The predicted molar refractivity (Wildman–Crippen MR) is 56.7 cm³/mol. The molecule has 2 aromatic rings. The number of nitrogens with zero attached hydrogens (tertiary/aromatic N) is 2. The summed E-state index contributed by atoms with van der Waals surface area (Å²) in [6.07, 6.45) is 1.52. The van der Waals surface area contributed by atoms with E-state index in [1.807, 2.05) is 0 Å². The SMILES string of the molecule is Fc1cccc(Nc2ccnc(Cl)n2)c1. The van der Waals surface area contributed by atoms with Crippen LogP contribution < -0.4 is 5.32 Å². The number of anilines is 2. The number of halogens is 2. The van der Waals surface area contributed by atoms with E-state index in [2.05, 4.69) is 15.3 Å². The van der Waals surface area contributed by atoms with Gasteiger partial charge in [-0.25, -0.2) is 14.4 Å². The second-order valence-electron chi connectivity index (χ2n) is 2.85. The van der Waals surface area contributed by atoms with E-state index in [4.69, 9.17) is 11.6 Å². The molecule has 0 radical (unpaired) electrons. The molecule has 3 nitrogen and oxygen atoms in total. The van der Waals surface area contributed by atoms with Crippen molar-refractivity contribution in [3.05, 3.63) is 47.6 Å². The van der Waals surface area contributed by atoms with Crippen molar-refractivity contribution in [2.45, 2.75) is 0 Å². The van der Waals surface area contributed by atoms with Gasteiger partial charge < -0.3 is 5.32 Å². The van der Waals surface area contributed by atoms with Crippen LogP contribution in [0.1, 0.15) is 0 Å². The molecule has 1 N–H and O–H groups in total. The Labute approximate surface area is 90.9 Å². The topological polar surface area (TPSA) is 37.8 Å². The molecule has 15 heavy (non-hydrogen) atoms. The zero-order chi connectivity index (χ0) is 10.7. The summed E-state index contributed by atoms with van der Waals surface area (Å²) in [5.74, 6) is 0.223. The molecule has 1 heterocycles. The molecule has 0 aliphatic heterocycles. The molecular formula is C10H7ClFN3. The summed E-state index contributed by atoms with van der Waals surface area (Å²) in [6.45, 7) is 0. The smallest absolute Gasteiger partial charge is 0.224 e. The second-order valence-corrected chi connectivity index (χ2v) is 3.18. The van der Waals surface area contributed by atoms with Crippen LogP contribution in [0.4, 0.5) is 15.9 Å². The third-order valence-electron chi connectivity index (χ3n) is 1.72. The van der Waals surface area contributed by atoms with Crippen molar-refractivity contribution in [2.24, 2.45) is 0 Å². The number of nitrogens with one attached hydrogen (secondary N) is 1. The van der Waals surface area contributed by atoms with E-state index < -0.39 is 0 Å². The van der Waals surface area contributed by atoms with Gasteiger partial charge in [-0.15, -0.1) is 0 Å². The molecule has 0 fully saturated rings. The quantitative estimate of drug-likeness (QED) is 0.796. The third kappa shape index (κ3) is 2.63. The number of rotatable bonds is 2. The number of hydrogen-bond acceptors (Lipinski definition) is 3. The Hall–Kier alpha value is -1.68. The average molecular weight is 224 g/mol. The fourth-order valence-electron chi connectivity index (χ4n) is 1.12. The maximum atomic E-state index is 12.9.